The van der Waals surface area contributed by atoms with Gasteiger partial charge in [0.05, 0.1) is 0 Å². The van der Waals surface area contributed by atoms with E-state index in [0.29, 0.717) is 6.42 Å². The van der Waals surface area contributed by atoms with Crippen LogP contribution in [0.25, 0.3) is 0 Å². The largest absolute Gasteiger partial charge is 0.479 e. The van der Waals surface area contributed by atoms with E-state index in [1.807, 2.05) is 0 Å². The van der Waals surface area contributed by atoms with Gasteiger partial charge in [-0.05, 0) is 38.5 Å². The van der Waals surface area contributed by atoms with Crippen molar-refractivity contribution < 1.29 is 19.4 Å². The Kier molecular flexibility index (Phi) is 24.4. The summed E-state index contributed by atoms with van der Waals surface area (Å²) in [7, 11) is 0. The van der Waals surface area contributed by atoms with Crippen molar-refractivity contribution in [3.63, 3.8) is 0 Å². The van der Waals surface area contributed by atoms with Crippen LogP contribution in [0.1, 0.15) is 135 Å². The molecular formula is C28H50O4. The van der Waals surface area contributed by atoms with Crippen molar-refractivity contribution >= 4 is 11.9 Å². The van der Waals surface area contributed by atoms with Gasteiger partial charge in [0.1, 0.15) is 0 Å². The average molecular weight is 451 g/mol. The van der Waals surface area contributed by atoms with Crippen LogP contribution in [-0.2, 0) is 14.3 Å². The average Bonchev–Trinajstić information content (AvgIpc) is 2.78. The third-order valence-electron chi connectivity index (χ3n) is 5.69. The molecule has 0 bridgehead atoms. The summed E-state index contributed by atoms with van der Waals surface area (Å²) < 4.78 is 4.61. The quantitative estimate of drug-likeness (QED) is 0.0908. The summed E-state index contributed by atoms with van der Waals surface area (Å²) in [6.45, 7) is 1.74. The van der Waals surface area contributed by atoms with E-state index in [4.69, 9.17) is 5.11 Å². The molecule has 4 nitrogen and oxygen atoms in total. The van der Waals surface area contributed by atoms with E-state index >= 15 is 0 Å². The number of carboxylic acid groups (broad SMARTS) is 1. The predicted molar refractivity (Wildman–Crippen MR) is 135 cm³/mol. The SMILES string of the molecule is CCCCCCC/C=C\C/C=C\CCCCCCCCCCCCCC(=O)OCC(=O)O. The molecule has 0 aromatic rings. The van der Waals surface area contributed by atoms with E-state index in [9.17, 15) is 9.59 Å². The molecule has 0 saturated heterocycles. The Morgan fingerprint density at radius 3 is 1.53 bits per heavy atom. The molecule has 0 atom stereocenters. The van der Waals surface area contributed by atoms with Gasteiger partial charge >= 0.3 is 11.9 Å². The second-order valence-corrected chi connectivity index (χ2v) is 8.86. The summed E-state index contributed by atoms with van der Waals surface area (Å²) in [6, 6.07) is 0. The van der Waals surface area contributed by atoms with Crippen LogP contribution in [0.5, 0.6) is 0 Å². The second kappa shape index (κ2) is 25.7. The van der Waals surface area contributed by atoms with Gasteiger partial charge in [-0.1, -0.05) is 115 Å². The Balaban J connectivity index is 3.21. The number of ether oxygens (including phenoxy) is 1. The summed E-state index contributed by atoms with van der Waals surface area (Å²) in [5.41, 5.74) is 0. The van der Waals surface area contributed by atoms with E-state index in [0.717, 1.165) is 25.7 Å². The number of rotatable bonds is 24. The minimum atomic E-state index is -1.10. The lowest BCUT2D eigenvalue weighted by Crippen LogP contribution is -2.12. The molecule has 0 amide bonds. The fourth-order valence-corrected chi connectivity index (χ4v) is 3.71. The minimum absolute atomic E-state index is 0.332. The van der Waals surface area contributed by atoms with E-state index in [1.54, 1.807) is 0 Å². The highest BCUT2D eigenvalue weighted by Crippen LogP contribution is 2.13. The molecular weight excluding hydrogens is 400 g/mol. The number of carboxylic acids is 1. The van der Waals surface area contributed by atoms with Crippen molar-refractivity contribution in [2.75, 3.05) is 6.61 Å². The van der Waals surface area contributed by atoms with Crippen LogP contribution < -0.4 is 0 Å². The molecule has 0 rings (SSSR count). The summed E-state index contributed by atoms with van der Waals surface area (Å²) in [6.07, 6.45) is 33.5. The van der Waals surface area contributed by atoms with Gasteiger partial charge in [0.15, 0.2) is 6.61 Å². The van der Waals surface area contributed by atoms with Gasteiger partial charge in [-0.3, -0.25) is 4.79 Å². The highest BCUT2D eigenvalue weighted by atomic mass is 16.5. The number of carbonyl (C=O) groups excluding carboxylic acids is 1. The summed E-state index contributed by atoms with van der Waals surface area (Å²) in [5.74, 6) is -1.50. The fourth-order valence-electron chi connectivity index (χ4n) is 3.71. The van der Waals surface area contributed by atoms with Crippen LogP contribution in [0, 0.1) is 0 Å². The van der Waals surface area contributed by atoms with Crippen molar-refractivity contribution in [3.05, 3.63) is 24.3 Å². The monoisotopic (exact) mass is 450 g/mol. The van der Waals surface area contributed by atoms with Crippen molar-refractivity contribution in [1.29, 1.82) is 0 Å². The predicted octanol–water partition coefficient (Wildman–Crippen LogP) is 8.55. The normalized spacial score (nSPS) is 11.5. The molecule has 0 aliphatic carbocycles. The van der Waals surface area contributed by atoms with E-state index in [2.05, 4.69) is 36.0 Å². The maximum Gasteiger partial charge on any atom is 0.341 e. The molecule has 0 unspecified atom stereocenters. The Morgan fingerprint density at radius 1 is 0.625 bits per heavy atom. The smallest absolute Gasteiger partial charge is 0.341 e. The van der Waals surface area contributed by atoms with Crippen LogP contribution in [0.4, 0.5) is 0 Å². The molecule has 0 aliphatic rings. The molecule has 0 aromatic carbocycles. The van der Waals surface area contributed by atoms with E-state index in [-0.39, 0.29) is 0 Å². The third-order valence-corrected chi connectivity index (χ3v) is 5.69. The second-order valence-electron chi connectivity index (χ2n) is 8.86. The number of aliphatic carboxylic acids is 1. The number of carbonyl (C=O) groups is 2. The molecule has 32 heavy (non-hydrogen) atoms. The minimum Gasteiger partial charge on any atom is -0.479 e. The molecule has 186 valence electrons. The zero-order valence-corrected chi connectivity index (χ0v) is 20.8. The molecule has 0 fully saturated rings. The number of hydrogen-bond donors (Lipinski definition) is 1. The summed E-state index contributed by atoms with van der Waals surface area (Å²) in [5, 5.41) is 8.44. The standard InChI is InChI=1S/C28H50O4/c1-2-3-4-5-6-7-8-9-10-11-12-13-14-15-16-17-18-19-20-21-22-23-24-25-28(31)32-26-27(29)30/h8-9,11-12H,2-7,10,13-26H2,1H3,(H,29,30)/b9-8-,12-11-. The van der Waals surface area contributed by atoms with Gasteiger partial charge in [-0.25, -0.2) is 4.79 Å². The zero-order valence-electron chi connectivity index (χ0n) is 20.8. The molecule has 0 saturated carbocycles. The van der Waals surface area contributed by atoms with Gasteiger partial charge in [0.2, 0.25) is 0 Å². The lowest BCUT2D eigenvalue weighted by Gasteiger charge is -2.03. The first-order valence-electron chi connectivity index (χ1n) is 13.3. The number of unbranched alkanes of at least 4 members (excludes halogenated alkanes) is 16. The maximum absolute atomic E-state index is 11.3. The molecule has 0 spiro atoms. The van der Waals surface area contributed by atoms with Crippen LogP contribution in [0.3, 0.4) is 0 Å². The summed E-state index contributed by atoms with van der Waals surface area (Å²) in [4.78, 5) is 21.6. The molecule has 0 radical (unpaired) electrons. The van der Waals surface area contributed by atoms with Gasteiger partial charge in [0.25, 0.3) is 0 Å². The van der Waals surface area contributed by atoms with Gasteiger partial charge in [0, 0.05) is 6.42 Å². The van der Waals surface area contributed by atoms with Crippen molar-refractivity contribution in [2.24, 2.45) is 0 Å². The van der Waals surface area contributed by atoms with E-state index < -0.39 is 18.5 Å². The highest BCUT2D eigenvalue weighted by Gasteiger charge is 2.05. The Hall–Kier alpha value is -1.58. The van der Waals surface area contributed by atoms with Gasteiger partial charge in [-0.15, -0.1) is 0 Å². The maximum atomic E-state index is 11.3. The molecule has 0 heterocycles. The molecule has 4 heteroatoms. The van der Waals surface area contributed by atoms with Crippen LogP contribution in [0.15, 0.2) is 24.3 Å². The van der Waals surface area contributed by atoms with Crippen LogP contribution >= 0.6 is 0 Å². The first kappa shape index (κ1) is 30.4. The zero-order chi connectivity index (χ0) is 23.5. The first-order valence-corrected chi connectivity index (χ1v) is 13.3. The molecule has 1 N–H and O–H groups in total. The third kappa shape index (κ3) is 26.5. The van der Waals surface area contributed by atoms with E-state index in [1.165, 1.54) is 96.3 Å². The Morgan fingerprint density at radius 2 is 1.06 bits per heavy atom. The number of allylic oxidation sites excluding steroid dienone is 4. The first-order chi connectivity index (χ1) is 15.7. The fraction of sp³-hybridized carbons (Fsp3) is 0.786. The Labute approximate surface area is 197 Å². The van der Waals surface area contributed by atoms with Crippen molar-refractivity contribution in [3.8, 4) is 0 Å². The number of esters is 1. The van der Waals surface area contributed by atoms with Gasteiger partial charge in [-0.2, -0.15) is 0 Å². The molecule has 0 aliphatic heterocycles. The topological polar surface area (TPSA) is 63.6 Å². The van der Waals surface area contributed by atoms with Crippen LogP contribution in [0.2, 0.25) is 0 Å². The lowest BCUT2D eigenvalue weighted by atomic mass is 10.0. The van der Waals surface area contributed by atoms with Crippen molar-refractivity contribution in [1.82, 2.24) is 0 Å². The number of hydrogen-bond acceptors (Lipinski definition) is 3. The van der Waals surface area contributed by atoms with Gasteiger partial charge < -0.3 is 9.84 Å². The molecule has 0 aromatic heterocycles. The lowest BCUT2D eigenvalue weighted by molar-refractivity contribution is -0.155. The highest BCUT2D eigenvalue weighted by molar-refractivity contribution is 5.75. The van der Waals surface area contributed by atoms with Crippen LogP contribution in [-0.4, -0.2) is 23.7 Å². The Bertz CT molecular complexity index is 482. The summed E-state index contributed by atoms with van der Waals surface area (Å²) >= 11 is 0. The van der Waals surface area contributed by atoms with Crippen molar-refractivity contribution in [2.45, 2.75) is 135 Å².